The highest BCUT2D eigenvalue weighted by atomic mass is 15.0. The number of rotatable bonds is 4. The van der Waals surface area contributed by atoms with Crippen LogP contribution >= 0.6 is 0 Å². The lowest BCUT2D eigenvalue weighted by atomic mass is 10.0. The van der Waals surface area contributed by atoms with Crippen LogP contribution < -0.4 is 5.32 Å². The molecule has 1 heterocycles. The van der Waals surface area contributed by atoms with Gasteiger partial charge in [-0.05, 0) is 30.9 Å². The molecule has 1 N–H and O–H groups in total. The fourth-order valence-electron chi connectivity index (χ4n) is 2.36. The quantitative estimate of drug-likeness (QED) is 0.813. The van der Waals surface area contributed by atoms with Crippen molar-refractivity contribution in [3.63, 3.8) is 0 Å². The Morgan fingerprint density at radius 2 is 2.20 bits per heavy atom. The molecule has 15 heavy (non-hydrogen) atoms. The van der Waals surface area contributed by atoms with Gasteiger partial charge in [0.1, 0.15) is 5.82 Å². The van der Waals surface area contributed by atoms with E-state index < -0.39 is 0 Å². The Hall–Kier alpha value is -1.05. The minimum Gasteiger partial charge on any atom is -0.370 e. The van der Waals surface area contributed by atoms with Gasteiger partial charge >= 0.3 is 0 Å². The van der Waals surface area contributed by atoms with E-state index in [0.717, 1.165) is 18.3 Å². The maximum absolute atomic E-state index is 4.33. The highest BCUT2D eigenvalue weighted by Crippen LogP contribution is 2.27. The molecule has 2 heteroatoms. The lowest BCUT2D eigenvalue weighted by Gasteiger charge is -2.11. The van der Waals surface area contributed by atoms with Crippen LogP contribution in [0, 0.1) is 12.8 Å². The lowest BCUT2D eigenvalue weighted by molar-refractivity contribution is 0.518. The molecule has 1 aliphatic carbocycles. The van der Waals surface area contributed by atoms with E-state index in [-0.39, 0.29) is 0 Å². The number of nitrogens with one attached hydrogen (secondary N) is 1. The topological polar surface area (TPSA) is 24.9 Å². The molecule has 0 radical (unpaired) electrons. The molecule has 1 aromatic rings. The summed E-state index contributed by atoms with van der Waals surface area (Å²) in [5.41, 5.74) is 1.24. The van der Waals surface area contributed by atoms with E-state index >= 15 is 0 Å². The van der Waals surface area contributed by atoms with Crippen molar-refractivity contribution >= 4 is 5.82 Å². The van der Waals surface area contributed by atoms with E-state index in [1.54, 1.807) is 0 Å². The number of hydrogen-bond acceptors (Lipinski definition) is 2. The van der Waals surface area contributed by atoms with Crippen LogP contribution in [0.3, 0.4) is 0 Å². The maximum atomic E-state index is 4.33. The van der Waals surface area contributed by atoms with Crippen LogP contribution in [0.2, 0.25) is 0 Å². The van der Waals surface area contributed by atoms with E-state index in [2.05, 4.69) is 23.3 Å². The smallest absolute Gasteiger partial charge is 0.128 e. The molecule has 0 atom stereocenters. The largest absolute Gasteiger partial charge is 0.370 e. The predicted octanol–water partition coefficient (Wildman–Crippen LogP) is 3.38. The van der Waals surface area contributed by atoms with Crippen LogP contribution in [0.15, 0.2) is 18.3 Å². The molecule has 0 unspecified atom stereocenters. The predicted molar refractivity (Wildman–Crippen MR) is 64.0 cm³/mol. The van der Waals surface area contributed by atoms with Gasteiger partial charge in [-0.25, -0.2) is 4.98 Å². The first kappa shape index (κ1) is 10.5. The van der Waals surface area contributed by atoms with Gasteiger partial charge in [-0.2, -0.15) is 0 Å². The fourth-order valence-corrected chi connectivity index (χ4v) is 2.36. The van der Waals surface area contributed by atoms with E-state index in [4.69, 9.17) is 0 Å². The summed E-state index contributed by atoms with van der Waals surface area (Å²) in [4.78, 5) is 4.33. The normalized spacial score (nSPS) is 16.9. The van der Waals surface area contributed by atoms with Crippen molar-refractivity contribution in [3.8, 4) is 0 Å². The maximum Gasteiger partial charge on any atom is 0.128 e. The van der Waals surface area contributed by atoms with Crippen molar-refractivity contribution < 1.29 is 0 Å². The Morgan fingerprint density at radius 3 is 2.93 bits per heavy atom. The van der Waals surface area contributed by atoms with E-state index in [1.165, 1.54) is 37.7 Å². The van der Waals surface area contributed by atoms with Crippen molar-refractivity contribution in [1.29, 1.82) is 0 Å². The number of pyridine rings is 1. The fraction of sp³-hybridized carbons (Fsp3) is 0.615. The summed E-state index contributed by atoms with van der Waals surface area (Å²) in [6, 6.07) is 4.09. The van der Waals surface area contributed by atoms with Crippen molar-refractivity contribution in [1.82, 2.24) is 4.98 Å². The third-order valence-electron chi connectivity index (χ3n) is 3.33. The monoisotopic (exact) mass is 204 g/mol. The molecule has 0 spiro atoms. The average Bonchev–Trinajstić information content (AvgIpc) is 2.74. The molecule has 82 valence electrons. The molecular weight excluding hydrogens is 184 g/mol. The summed E-state index contributed by atoms with van der Waals surface area (Å²) in [7, 11) is 0. The third-order valence-corrected chi connectivity index (χ3v) is 3.33. The van der Waals surface area contributed by atoms with Gasteiger partial charge in [0.05, 0.1) is 0 Å². The second-order valence-electron chi connectivity index (χ2n) is 4.53. The molecular formula is C13H20N2. The van der Waals surface area contributed by atoms with Crippen LogP contribution in [0.4, 0.5) is 5.82 Å². The molecule has 1 aliphatic rings. The van der Waals surface area contributed by atoms with E-state index in [9.17, 15) is 0 Å². The van der Waals surface area contributed by atoms with Gasteiger partial charge in [0.15, 0.2) is 0 Å². The molecule has 0 amide bonds. The van der Waals surface area contributed by atoms with Gasteiger partial charge in [0, 0.05) is 12.7 Å². The minimum absolute atomic E-state index is 0.960. The van der Waals surface area contributed by atoms with Crippen LogP contribution in [0.1, 0.15) is 37.7 Å². The van der Waals surface area contributed by atoms with Gasteiger partial charge in [0.2, 0.25) is 0 Å². The SMILES string of the molecule is Cc1cccnc1NCCC1CCCC1. The molecule has 1 fully saturated rings. The zero-order valence-electron chi connectivity index (χ0n) is 9.50. The molecule has 0 aliphatic heterocycles. The summed E-state index contributed by atoms with van der Waals surface area (Å²) < 4.78 is 0. The first-order chi connectivity index (χ1) is 7.36. The zero-order valence-corrected chi connectivity index (χ0v) is 9.50. The number of hydrogen-bond donors (Lipinski definition) is 1. The second-order valence-corrected chi connectivity index (χ2v) is 4.53. The van der Waals surface area contributed by atoms with Crippen LogP contribution in [-0.2, 0) is 0 Å². The minimum atomic E-state index is 0.960. The highest BCUT2D eigenvalue weighted by Gasteiger charge is 2.14. The molecule has 0 aromatic carbocycles. The lowest BCUT2D eigenvalue weighted by Crippen LogP contribution is -2.08. The van der Waals surface area contributed by atoms with Crippen LogP contribution in [0.25, 0.3) is 0 Å². The van der Waals surface area contributed by atoms with E-state index in [0.29, 0.717) is 0 Å². The van der Waals surface area contributed by atoms with Gasteiger partial charge in [0.25, 0.3) is 0 Å². The van der Waals surface area contributed by atoms with Crippen LogP contribution in [0.5, 0.6) is 0 Å². The van der Waals surface area contributed by atoms with Gasteiger partial charge in [-0.15, -0.1) is 0 Å². The molecule has 2 rings (SSSR count). The number of aryl methyl sites for hydroxylation is 1. The van der Waals surface area contributed by atoms with Crippen molar-refractivity contribution in [2.75, 3.05) is 11.9 Å². The number of nitrogens with zero attached hydrogens (tertiary/aromatic N) is 1. The van der Waals surface area contributed by atoms with Gasteiger partial charge in [-0.3, -0.25) is 0 Å². The molecule has 1 aromatic heterocycles. The molecule has 0 bridgehead atoms. The highest BCUT2D eigenvalue weighted by molar-refractivity contribution is 5.42. The summed E-state index contributed by atoms with van der Waals surface area (Å²) >= 11 is 0. The molecule has 0 saturated heterocycles. The summed E-state index contributed by atoms with van der Waals surface area (Å²) in [5, 5.41) is 3.43. The summed E-state index contributed by atoms with van der Waals surface area (Å²) in [6.45, 7) is 3.17. The summed E-state index contributed by atoms with van der Waals surface area (Å²) in [5.74, 6) is 2.01. The van der Waals surface area contributed by atoms with Crippen molar-refractivity contribution in [3.05, 3.63) is 23.9 Å². The average molecular weight is 204 g/mol. The number of anilines is 1. The third kappa shape index (κ3) is 2.95. The van der Waals surface area contributed by atoms with Gasteiger partial charge in [-0.1, -0.05) is 31.7 Å². The first-order valence-electron chi connectivity index (χ1n) is 6.02. The zero-order chi connectivity index (χ0) is 10.5. The second kappa shape index (κ2) is 5.15. The van der Waals surface area contributed by atoms with Crippen molar-refractivity contribution in [2.24, 2.45) is 5.92 Å². The molecule has 2 nitrogen and oxygen atoms in total. The first-order valence-corrected chi connectivity index (χ1v) is 6.02. The Kier molecular flexibility index (Phi) is 3.59. The van der Waals surface area contributed by atoms with Gasteiger partial charge < -0.3 is 5.32 Å². The Bertz CT molecular complexity index is 303. The van der Waals surface area contributed by atoms with Crippen molar-refractivity contribution in [2.45, 2.75) is 39.0 Å². The van der Waals surface area contributed by atoms with E-state index in [1.807, 2.05) is 12.3 Å². The van der Waals surface area contributed by atoms with Crippen LogP contribution in [-0.4, -0.2) is 11.5 Å². The Labute approximate surface area is 92.1 Å². The summed E-state index contributed by atoms with van der Waals surface area (Å²) in [6.07, 6.45) is 8.90. The standard InChI is InChI=1S/C13H20N2/c1-11-5-4-9-14-13(11)15-10-8-12-6-2-3-7-12/h4-5,9,12H,2-3,6-8,10H2,1H3,(H,14,15). The Morgan fingerprint density at radius 1 is 1.40 bits per heavy atom. The Balaban J connectivity index is 1.75. The molecule has 1 saturated carbocycles. The number of aromatic nitrogens is 1.